The summed E-state index contributed by atoms with van der Waals surface area (Å²) in [7, 11) is -2.70. The molecule has 36 heavy (non-hydrogen) atoms. The summed E-state index contributed by atoms with van der Waals surface area (Å²) in [6, 6.07) is 17.3. The third kappa shape index (κ3) is 7.19. The Morgan fingerprint density at radius 1 is 1.03 bits per heavy atom. The predicted molar refractivity (Wildman–Crippen MR) is 140 cm³/mol. The second kappa shape index (κ2) is 12.5. The Bertz CT molecular complexity index is 1310. The maximum atomic E-state index is 12.8. The van der Waals surface area contributed by atoms with Gasteiger partial charge in [0.25, 0.3) is 15.7 Å². The molecule has 0 aliphatic carbocycles. The van der Waals surface area contributed by atoms with Gasteiger partial charge in [0.1, 0.15) is 17.2 Å². The molecule has 3 rings (SSSR count). The van der Waals surface area contributed by atoms with E-state index in [4.69, 9.17) is 9.47 Å². The van der Waals surface area contributed by atoms with E-state index in [0.29, 0.717) is 12.4 Å². The summed E-state index contributed by atoms with van der Waals surface area (Å²) >= 11 is 0. The van der Waals surface area contributed by atoms with Gasteiger partial charge in [-0.15, -0.1) is 0 Å². The number of rotatable bonds is 13. The Labute approximate surface area is 210 Å². The van der Waals surface area contributed by atoms with Crippen LogP contribution < -0.4 is 19.6 Å². The number of anilines is 2. The molecule has 0 aliphatic heterocycles. The molecule has 10 nitrogen and oxygen atoms in total. The highest BCUT2D eigenvalue weighted by Crippen LogP contribution is 2.30. The minimum Gasteiger partial charge on any atom is -0.495 e. The van der Waals surface area contributed by atoms with Gasteiger partial charge < -0.3 is 9.47 Å². The van der Waals surface area contributed by atoms with Crippen molar-refractivity contribution in [2.45, 2.75) is 31.1 Å². The number of nitrogens with one attached hydrogen (secondary N) is 2. The lowest BCUT2D eigenvalue weighted by molar-refractivity contribution is -0.384. The second-order valence-electron chi connectivity index (χ2n) is 7.74. The highest BCUT2D eigenvalue weighted by atomic mass is 32.2. The zero-order valence-electron chi connectivity index (χ0n) is 20.0. The number of sulfonamides is 1. The van der Waals surface area contributed by atoms with Crippen LogP contribution in [0.1, 0.15) is 31.7 Å². The van der Waals surface area contributed by atoms with Crippen LogP contribution in [0.15, 0.2) is 76.7 Å². The molecule has 0 saturated carbocycles. The van der Waals surface area contributed by atoms with Crippen LogP contribution in [0.2, 0.25) is 0 Å². The van der Waals surface area contributed by atoms with E-state index in [1.165, 1.54) is 31.5 Å². The number of ether oxygens (including phenoxy) is 2. The summed E-state index contributed by atoms with van der Waals surface area (Å²) in [4.78, 5) is 10.7. The molecule has 0 amide bonds. The molecule has 3 aromatic carbocycles. The number of para-hydroxylation sites is 2. The molecular formula is C25H28N4O6S. The molecule has 0 fully saturated rings. The van der Waals surface area contributed by atoms with Crippen LogP contribution in [0.4, 0.5) is 17.1 Å². The maximum absolute atomic E-state index is 12.8. The third-order valence-corrected chi connectivity index (χ3v) is 6.49. The summed E-state index contributed by atoms with van der Waals surface area (Å²) in [6.07, 6.45) is 4.74. The first-order valence-corrected chi connectivity index (χ1v) is 12.8. The number of hydrogen-bond acceptors (Lipinski definition) is 8. The van der Waals surface area contributed by atoms with Gasteiger partial charge in [0.15, 0.2) is 0 Å². The first-order valence-electron chi connectivity index (χ1n) is 11.3. The molecule has 0 unspecified atom stereocenters. The van der Waals surface area contributed by atoms with Crippen molar-refractivity contribution in [3.05, 3.63) is 82.4 Å². The summed E-state index contributed by atoms with van der Waals surface area (Å²) in [5.41, 5.74) is 3.19. The predicted octanol–water partition coefficient (Wildman–Crippen LogP) is 5.42. The largest absolute Gasteiger partial charge is 0.495 e. The zero-order chi connectivity index (χ0) is 26.0. The lowest BCUT2D eigenvalue weighted by Crippen LogP contribution is -2.14. The SMILES string of the molecule is CCCCCOc1ccc(/C=N\Nc2ccc(S(=O)(=O)Nc3ccccc3OC)cc2[N+](=O)[O-])cc1. The van der Waals surface area contributed by atoms with E-state index in [-0.39, 0.29) is 16.3 Å². The molecule has 190 valence electrons. The number of hydrazone groups is 1. The Kier molecular flexibility index (Phi) is 9.23. The fraction of sp³-hybridized carbons (Fsp3) is 0.240. The van der Waals surface area contributed by atoms with Crippen LogP contribution in [-0.4, -0.2) is 33.3 Å². The Morgan fingerprint density at radius 2 is 1.78 bits per heavy atom. The highest BCUT2D eigenvalue weighted by molar-refractivity contribution is 7.92. The summed E-state index contributed by atoms with van der Waals surface area (Å²) in [5, 5.41) is 15.7. The minimum absolute atomic E-state index is 0.0448. The maximum Gasteiger partial charge on any atom is 0.295 e. The molecular weight excluding hydrogens is 484 g/mol. The van der Waals surface area contributed by atoms with Crippen molar-refractivity contribution in [2.24, 2.45) is 5.10 Å². The van der Waals surface area contributed by atoms with Crippen LogP contribution in [-0.2, 0) is 10.0 Å². The van der Waals surface area contributed by atoms with Gasteiger partial charge in [0, 0.05) is 6.07 Å². The second-order valence-corrected chi connectivity index (χ2v) is 9.42. The van der Waals surface area contributed by atoms with Gasteiger partial charge in [0.05, 0.1) is 35.4 Å². The fourth-order valence-corrected chi connectivity index (χ4v) is 4.32. The van der Waals surface area contributed by atoms with Crippen molar-refractivity contribution in [1.82, 2.24) is 0 Å². The number of methoxy groups -OCH3 is 1. The van der Waals surface area contributed by atoms with Gasteiger partial charge in [-0.1, -0.05) is 31.9 Å². The van der Waals surface area contributed by atoms with Gasteiger partial charge in [-0.2, -0.15) is 5.10 Å². The van der Waals surface area contributed by atoms with Gasteiger partial charge in [0.2, 0.25) is 0 Å². The van der Waals surface area contributed by atoms with E-state index in [0.717, 1.165) is 36.6 Å². The topological polar surface area (TPSA) is 132 Å². The van der Waals surface area contributed by atoms with Crippen LogP contribution in [0.3, 0.4) is 0 Å². The number of nitrogens with zero attached hydrogens (tertiary/aromatic N) is 2. The van der Waals surface area contributed by atoms with Gasteiger partial charge in [-0.05, 0) is 60.5 Å². The smallest absolute Gasteiger partial charge is 0.295 e. The van der Waals surface area contributed by atoms with E-state index in [1.54, 1.807) is 18.2 Å². The van der Waals surface area contributed by atoms with E-state index in [2.05, 4.69) is 22.2 Å². The molecule has 11 heteroatoms. The Morgan fingerprint density at radius 3 is 2.47 bits per heavy atom. The van der Waals surface area contributed by atoms with Crippen molar-refractivity contribution < 1.29 is 22.8 Å². The van der Waals surface area contributed by atoms with Crippen molar-refractivity contribution in [3.8, 4) is 11.5 Å². The monoisotopic (exact) mass is 512 g/mol. The molecule has 0 atom stereocenters. The first-order chi connectivity index (χ1) is 17.3. The van der Waals surface area contributed by atoms with Crippen LogP contribution in [0.25, 0.3) is 0 Å². The number of benzene rings is 3. The lowest BCUT2D eigenvalue weighted by Gasteiger charge is -2.12. The Hall–Kier alpha value is -4.12. The summed E-state index contributed by atoms with van der Waals surface area (Å²) in [6.45, 7) is 2.79. The van der Waals surface area contributed by atoms with Crippen molar-refractivity contribution >= 4 is 33.3 Å². The van der Waals surface area contributed by atoms with Gasteiger partial charge >= 0.3 is 0 Å². The third-order valence-electron chi connectivity index (χ3n) is 5.12. The standard InChI is InChI=1S/C25H28N4O6S/c1-3-4-7-16-35-20-12-10-19(11-13-20)18-26-27-22-15-14-21(17-24(22)29(30)31)36(32,33)28-23-8-5-6-9-25(23)34-2/h5-6,8-15,17-18,27-28H,3-4,7,16H2,1-2H3/b26-18-. The van der Waals surface area contributed by atoms with E-state index < -0.39 is 20.6 Å². The molecule has 0 bridgehead atoms. The first kappa shape index (κ1) is 26.5. The molecule has 0 spiro atoms. The van der Waals surface area contributed by atoms with Crippen molar-refractivity contribution in [3.63, 3.8) is 0 Å². The number of hydrogen-bond donors (Lipinski definition) is 2. The van der Waals surface area contributed by atoms with Crippen molar-refractivity contribution in [2.75, 3.05) is 23.9 Å². The van der Waals surface area contributed by atoms with Crippen LogP contribution >= 0.6 is 0 Å². The van der Waals surface area contributed by atoms with Gasteiger partial charge in [-0.25, -0.2) is 8.42 Å². The van der Waals surface area contributed by atoms with E-state index in [9.17, 15) is 18.5 Å². The summed E-state index contributed by atoms with van der Waals surface area (Å²) in [5.74, 6) is 1.07. The number of nitro groups is 1. The van der Waals surface area contributed by atoms with Crippen molar-refractivity contribution in [1.29, 1.82) is 0 Å². The normalized spacial score (nSPS) is 11.3. The molecule has 0 saturated heterocycles. The molecule has 0 radical (unpaired) electrons. The molecule has 0 aromatic heterocycles. The lowest BCUT2D eigenvalue weighted by atomic mass is 10.2. The number of unbranched alkanes of at least 4 members (excludes halogenated alkanes) is 2. The zero-order valence-corrected chi connectivity index (χ0v) is 20.8. The molecule has 3 aromatic rings. The quantitative estimate of drug-likeness (QED) is 0.135. The highest BCUT2D eigenvalue weighted by Gasteiger charge is 2.22. The minimum atomic E-state index is -4.11. The summed E-state index contributed by atoms with van der Waals surface area (Å²) < 4.78 is 38.9. The fourth-order valence-electron chi connectivity index (χ4n) is 3.23. The average Bonchev–Trinajstić information content (AvgIpc) is 2.87. The average molecular weight is 513 g/mol. The molecule has 0 heterocycles. The van der Waals surface area contributed by atoms with Crippen LogP contribution in [0, 0.1) is 10.1 Å². The Balaban J connectivity index is 1.71. The van der Waals surface area contributed by atoms with Crippen LogP contribution in [0.5, 0.6) is 11.5 Å². The van der Waals surface area contributed by atoms with E-state index in [1.807, 2.05) is 24.3 Å². The molecule has 0 aliphatic rings. The van der Waals surface area contributed by atoms with Gasteiger partial charge in [-0.3, -0.25) is 20.3 Å². The van der Waals surface area contributed by atoms with E-state index >= 15 is 0 Å². The number of nitro benzene ring substituents is 1. The molecule has 2 N–H and O–H groups in total.